The lowest BCUT2D eigenvalue weighted by Gasteiger charge is -2.24. The van der Waals surface area contributed by atoms with Gasteiger partial charge in [-0.05, 0) is 33.6 Å². The van der Waals surface area contributed by atoms with Gasteiger partial charge in [-0.2, -0.15) is 0 Å². The molecule has 2 unspecified atom stereocenters. The van der Waals surface area contributed by atoms with Crippen LogP contribution < -0.4 is 5.32 Å². The molecule has 2 atom stereocenters. The van der Waals surface area contributed by atoms with Crippen LogP contribution in [0.15, 0.2) is 0 Å². The highest BCUT2D eigenvalue weighted by Gasteiger charge is 2.14. The molecule has 0 aliphatic rings. The molecule has 3 nitrogen and oxygen atoms in total. The molecule has 0 aromatic rings. The summed E-state index contributed by atoms with van der Waals surface area (Å²) in [6.07, 6.45) is -0.222. The summed E-state index contributed by atoms with van der Waals surface area (Å²) in [5, 5.41) is 12.9. The van der Waals surface area contributed by atoms with Crippen molar-refractivity contribution in [3.8, 4) is 0 Å². The van der Waals surface area contributed by atoms with E-state index in [2.05, 4.69) is 39.9 Å². The van der Waals surface area contributed by atoms with Gasteiger partial charge in [0, 0.05) is 12.1 Å². The molecule has 0 amide bonds. The minimum absolute atomic E-state index is 0.0463. The maximum atomic E-state index is 9.66. The third-order valence-electron chi connectivity index (χ3n) is 2.36. The highest BCUT2D eigenvalue weighted by atomic mass is 16.5. The quantitative estimate of drug-likeness (QED) is 0.713. The number of hydrogen-bond acceptors (Lipinski definition) is 3. The smallest absolute Gasteiger partial charge is 0.0898 e. The molecule has 0 aromatic carbocycles. The fraction of sp³-hybridized carbons (Fsp3) is 1.00. The van der Waals surface area contributed by atoms with Crippen LogP contribution in [-0.2, 0) is 4.74 Å². The highest BCUT2D eigenvalue weighted by Crippen LogP contribution is 2.06. The van der Waals surface area contributed by atoms with E-state index in [1.165, 1.54) is 0 Å². The van der Waals surface area contributed by atoms with E-state index in [-0.39, 0.29) is 11.6 Å². The predicted octanol–water partition coefficient (Wildman–Crippen LogP) is 1.80. The minimum atomic E-state index is -0.426. The SMILES string of the molecule is CC(C)C(C)OCC(O)CNC(C)(C)C. The Balaban J connectivity index is 3.62. The number of ether oxygens (including phenoxy) is 1. The average molecular weight is 217 g/mol. The average Bonchev–Trinajstić information content (AvgIpc) is 2.09. The maximum absolute atomic E-state index is 9.66. The third-order valence-corrected chi connectivity index (χ3v) is 2.36. The lowest BCUT2D eigenvalue weighted by atomic mass is 10.1. The van der Waals surface area contributed by atoms with Crippen molar-refractivity contribution in [2.45, 2.75) is 59.3 Å². The molecule has 92 valence electrons. The van der Waals surface area contributed by atoms with Gasteiger partial charge < -0.3 is 15.2 Å². The lowest BCUT2D eigenvalue weighted by molar-refractivity contribution is -0.0204. The zero-order valence-corrected chi connectivity index (χ0v) is 11.0. The Bertz CT molecular complexity index is 163. The number of β-amino-alcohol motifs (C(OH)–C–C–N with tert-alkyl or cyclic N) is 1. The molecule has 0 saturated carbocycles. The van der Waals surface area contributed by atoms with Crippen molar-refractivity contribution >= 4 is 0 Å². The van der Waals surface area contributed by atoms with E-state index in [1.807, 2.05) is 6.92 Å². The van der Waals surface area contributed by atoms with E-state index in [0.717, 1.165) is 0 Å². The molecular formula is C12H27NO2. The second-order valence-electron chi connectivity index (χ2n) is 5.57. The molecular weight excluding hydrogens is 190 g/mol. The molecule has 0 radical (unpaired) electrons. The van der Waals surface area contributed by atoms with Gasteiger partial charge in [-0.1, -0.05) is 13.8 Å². The van der Waals surface area contributed by atoms with Gasteiger partial charge in [0.1, 0.15) is 0 Å². The second kappa shape index (κ2) is 6.46. The van der Waals surface area contributed by atoms with Crippen molar-refractivity contribution in [3.05, 3.63) is 0 Å². The number of rotatable bonds is 6. The molecule has 0 aromatic heterocycles. The first-order valence-corrected chi connectivity index (χ1v) is 5.77. The summed E-state index contributed by atoms with van der Waals surface area (Å²) in [6.45, 7) is 13.5. The molecule has 2 N–H and O–H groups in total. The van der Waals surface area contributed by atoms with Gasteiger partial charge in [0.15, 0.2) is 0 Å². The van der Waals surface area contributed by atoms with Crippen LogP contribution in [0.4, 0.5) is 0 Å². The van der Waals surface area contributed by atoms with Gasteiger partial charge in [-0.15, -0.1) is 0 Å². The van der Waals surface area contributed by atoms with E-state index < -0.39 is 6.10 Å². The van der Waals surface area contributed by atoms with Crippen LogP contribution >= 0.6 is 0 Å². The summed E-state index contributed by atoms with van der Waals surface area (Å²) in [7, 11) is 0. The molecule has 0 spiro atoms. The molecule has 0 rings (SSSR count). The standard InChI is InChI=1S/C12H27NO2/c1-9(2)10(3)15-8-11(14)7-13-12(4,5)6/h9-11,13-14H,7-8H2,1-6H3. The first kappa shape index (κ1) is 14.9. The Hall–Kier alpha value is -0.120. The van der Waals surface area contributed by atoms with Crippen LogP contribution in [0.5, 0.6) is 0 Å². The Morgan fingerprint density at radius 1 is 1.20 bits per heavy atom. The molecule has 15 heavy (non-hydrogen) atoms. The summed E-state index contributed by atoms with van der Waals surface area (Å²) in [4.78, 5) is 0. The van der Waals surface area contributed by atoms with Crippen LogP contribution in [0.2, 0.25) is 0 Å². The largest absolute Gasteiger partial charge is 0.389 e. The number of hydrogen-bond donors (Lipinski definition) is 2. The molecule has 0 bridgehead atoms. The monoisotopic (exact) mass is 217 g/mol. The Labute approximate surface area is 94.2 Å². The number of nitrogens with one attached hydrogen (secondary N) is 1. The van der Waals surface area contributed by atoms with Gasteiger partial charge in [-0.3, -0.25) is 0 Å². The second-order valence-corrected chi connectivity index (χ2v) is 5.57. The van der Waals surface area contributed by atoms with Crippen LogP contribution in [-0.4, -0.2) is 36.0 Å². The van der Waals surface area contributed by atoms with Crippen LogP contribution in [0.1, 0.15) is 41.5 Å². The van der Waals surface area contributed by atoms with Crippen molar-refractivity contribution < 1.29 is 9.84 Å². The molecule has 0 aliphatic heterocycles. The minimum Gasteiger partial charge on any atom is -0.389 e. The van der Waals surface area contributed by atoms with Crippen molar-refractivity contribution in [2.75, 3.05) is 13.2 Å². The van der Waals surface area contributed by atoms with Crippen molar-refractivity contribution in [1.29, 1.82) is 0 Å². The summed E-state index contributed by atoms with van der Waals surface area (Å²) in [5.74, 6) is 0.493. The number of aliphatic hydroxyl groups excluding tert-OH is 1. The predicted molar refractivity (Wildman–Crippen MR) is 64.0 cm³/mol. The van der Waals surface area contributed by atoms with Gasteiger partial charge in [0.25, 0.3) is 0 Å². The Kier molecular flexibility index (Phi) is 6.41. The van der Waals surface area contributed by atoms with E-state index in [1.54, 1.807) is 0 Å². The topological polar surface area (TPSA) is 41.5 Å². The van der Waals surface area contributed by atoms with Gasteiger partial charge in [0.2, 0.25) is 0 Å². The van der Waals surface area contributed by atoms with E-state index in [9.17, 15) is 5.11 Å². The van der Waals surface area contributed by atoms with Gasteiger partial charge in [-0.25, -0.2) is 0 Å². The summed E-state index contributed by atoms with van der Waals surface area (Å²) in [5.41, 5.74) is 0.0463. The fourth-order valence-corrected chi connectivity index (χ4v) is 0.938. The molecule has 0 aliphatic carbocycles. The molecule has 3 heteroatoms. The Morgan fingerprint density at radius 3 is 2.13 bits per heavy atom. The van der Waals surface area contributed by atoms with Gasteiger partial charge >= 0.3 is 0 Å². The van der Waals surface area contributed by atoms with Crippen molar-refractivity contribution in [1.82, 2.24) is 5.32 Å². The first-order chi connectivity index (χ1) is 6.72. The molecule has 0 heterocycles. The van der Waals surface area contributed by atoms with E-state index in [0.29, 0.717) is 19.1 Å². The fourth-order valence-electron chi connectivity index (χ4n) is 0.938. The maximum Gasteiger partial charge on any atom is 0.0898 e. The summed E-state index contributed by atoms with van der Waals surface area (Å²) in [6, 6.07) is 0. The van der Waals surface area contributed by atoms with Gasteiger partial charge in [0.05, 0.1) is 18.8 Å². The van der Waals surface area contributed by atoms with Crippen molar-refractivity contribution in [2.24, 2.45) is 5.92 Å². The lowest BCUT2D eigenvalue weighted by Crippen LogP contribution is -2.42. The highest BCUT2D eigenvalue weighted by molar-refractivity contribution is 4.72. The molecule has 0 fully saturated rings. The van der Waals surface area contributed by atoms with E-state index in [4.69, 9.17) is 4.74 Å². The van der Waals surface area contributed by atoms with Crippen LogP contribution in [0, 0.1) is 5.92 Å². The summed E-state index contributed by atoms with van der Waals surface area (Å²) < 4.78 is 5.54. The Morgan fingerprint density at radius 2 is 1.73 bits per heavy atom. The first-order valence-electron chi connectivity index (χ1n) is 5.77. The van der Waals surface area contributed by atoms with Crippen LogP contribution in [0.3, 0.4) is 0 Å². The van der Waals surface area contributed by atoms with Crippen molar-refractivity contribution in [3.63, 3.8) is 0 Å². The number of aliphatic hydroxyl groups is 1. The third kappa shape index (κ3) is 8.85. The van der Waals surface area contributed by atoms with E-state index >= 15 is 0 Å². The normalized spacial score (nSPS) is 16.8. The van der Waals surface area contributed by atoms with Crippen LogP contribution in [0.25, 0.3) is 0 Å². The summed E-state index contributed by atoms with van der Waals surface area (Å²) >= 11 is 0. The zero-order valence-electron chi connectivity index (χ0n) is 11.0. The molecule has 0 saturated heterocycles. The zero-order chi connectivity index (χ0) is 12.1.